The van der Waals surface area contributed by atoms with Crippen LogP contribution in [0.4, 0.5) is 5.69 Å². The third-order valence-corrected chi connectivity index (χ3v) is 4.55. The summed E-state index contributed by atoms with van der Waals surface area (Å²) in [4.78, 5) is 26.2. The maximum atomic E-state index is 12.4. The first-order chi connectivity index (χ1) is 11.4. The molecular weight excluding hydrogens is 326 g/mol. The van der Waals surface area contributed by atoms with Crippen LogP contribution in [0.15, 0.2) is 42.5 Å². The number of halogens is 1. The maximum absolute atomic E-state index is 12.4. The molecule has 1 atom stereocenters. The molecule has 3 rings (SSSR count). The Morgan fingerprint density at radius 2 is 1.83 bits per heavy atom. The van der Waals surface area contributed by atoms with E-state index in [4.69, 9.17) is 16.3 Å². The summed E-state index contributed by atoms with van der Waals surface area (Å²) in [6.45, 7) is 4.29. The predicted molar refractivity (Wildman–Crippen MR) is 93.5 cm³/mol. The predicted octanol–water partition coefficient (Wildman–Crippen LogP) is 3.92. The second-order valence-electron chi connectivity index (χ2n) is 6.05. The van der Waals surface area contributed by atoms with Crippen molar-refractivity contribution in [3.63, 3.8) is 0 Å². The van der Waals surface area contributed by atoms with Crippen LogP contribution in [0.1, 0.15) is 17.5 Å². The van der Waals surface area contributed by atoms with E-state index in [0.717, 1.165) is 16.8 Å². The van der Waals surface area contributed by atoms with Crippen molar-refractivity contribution in [2.24, 2.45) is 5.92 Å². The van der Waals surface area contributed by atoms with Gasteiger partial charge in [-0.05, 0) is 61.4 Å². The Kier molecular flexibility index (Phi) is 4.58. The quantitative estimate of drug-likeness (QED) is 0.627. The number of hydrogen-bond acceptors (Lipinski definition) is 3. The lowest BCUT2D eigenvalue weighted by molar-refractivity contribution is -0.139. The molecule has 0 radical (unpaired) electrons. The largest absolute Gasteiger partial charge is 0.426 e. The molecule has 1 aliphatic heterocycles. The van der Waals surface area contributed by atoms with Crippen molar-refractivity contribution in [1.29, 1.82) is 0 Å². The molecule has 1 saturated heterocycles. The van der Waals surface area contributed by atoms with Crippen LogP contribution >= 0.6 is 11.6 Å². The lowest BCUT2D eigenvalue weighted by atomic mass is 10.1. The molecule has 0 unspecified atom stereocenters. The summed E-state index contributed by atoms with van der Waals surface area (Å²) in [5.41, 5.74) is 2.94. The van der Waals surface area contributed by atoms with E-state index in [1.165, 1.54) is 0 Å². The average molecular weight is 344 g/mol. The second-order valence-corrected chi connectivity index (χ2v) is 6.49. The molecule has 1 fully saturated rings. The van der Waals surface area contributed by atoms with Crippen LogP contribution in [0.25, 0.3) is 0 Å². The Bertz CT molecular complexity index is 786. The van der Waals surface area contributed by atoms with Crippen molar-refractivity contribution in [1.82, 2.24) is 0 Å². The van der Waals surface area contributed by atoms with E-state index in [9.17, 15) is 9.59 Å². The van der Waals surface area contributed by atoms with Gasteiger partial charge in [-0.25, -0.2) is 0 Å². The first kappa shape index (κ1) is 16.5. The fraction of sp³-hybridized carbons (Fsp3) is 0.263. The number of hydrogen-bond donors (Lipinski definition) is 0. The van der Waals surface area contributed by atoms with Gasteiger partial charge >= 0.3 is 5.97 Å². The van der Waals surface area contributed by atoms with Gasteiger partial charge in [0.25, 0.3) is 0 Å². The monoisotopic (exact) mass is 343 g/mol. The minimum Gasteiger partial charge on any atom is -0.426 e. The highest BCUT2D eigenvalue weighted by Crippen LogP contribution is 2.27. The molecular formula is C19H18ClNO3. The van der Waals surface area contributed by atoms with Crippen LogP contribution in [0.3, 0.4) is 0 Å². The number of anilines is 1. The smallest absolute Gasteiger partial charge is 0.316 e. The summed E-state index contributed by atoms with van der Waals surface area (Å²) in [6.07, 6.45) is 0.159. The molecule has 0 saturated carbocycles. The van der Waals surface area contributed by atoms with Crippen LogP contribution in [-0.2, 0) is 9.59 Å². The van der Waals surface area contributed by atoms with Gasteiger partial charge in [0.1, 0.15) is 5.75 Å². The Morgan fingerprint density at radius 1 is 1.12 bits per heavy atom. The molecule has 2 aromatic rings. The van der Waals surface area contributed by atoms with Crippen LogP contribution in [0.2, 0.25) is 5.02 Å². The fourth-order valence-corrected chi connectivity index (χ4v) is 2.84. The molecule has 1 heterocycles. The Labute approximate surface area is 146 Å². The molecule has 1 amide bonds. The van der Waals surface area contributed by atoms with Gasteiger partial charge in [0.05, 0.1) is 5.92 Å². The SMILES string of the molecule is Cc1ccc(OC(=O)[C@@H]2CC(=O)N(c3ccc(Cl)cc3)C2)cc1C. The highest BCUT2D eigenvalue weighted by molar-refractivity contribution is 6.30. The minimum absolute atomic E-state index is 0.0839. The van der Waals surface area contributed by atoms with E-state index in [0.29, 0.717) is 17.3 Å². The van der Waals surface area contributed by atoms with E-state index in [1.807, 2.05) is 26.0 Å². The molecule has 124 valence electrons. The molecule has 0 bridgehead atoms. The van der Waals surface area contributed by atoms with Crippen LogP contribution < -0.4 is 9.64 Å². The number of amides is 1. The van der Waals surface area contributed by atoms with Crippen molar-refractivity contribution in [3.8, 4) is 5.75 Å². The highest BCUT2D eigenvalue weighted by atomic mass is 35.5. The van der Waals surface area contributed by atoms with E-state index < -0.39 is 5.92 Å². The van der Waals surface area contributed by atoms with Gasteiger partial charge in [0.15, 0.2) is 0 Å². The van der Waals surface area contributed by atoms with Gasteiger partial charge in [-0.15, -0.1) is 0 Å². The number of carbonyl (C=O) groups excluding carboxylic acids is 2. The molecule has 2 aromatic carbocycles. The first-order valence-electron chi connectivity index (χ1n) is 7.79. The summed E-state index contributed by atoms with van der Waals surface area (Å²) in [5, 5.41) is 0.607. The topological polar surface area (TPSA) is 46.6 Å². The third kappa shape index (κ3) is 3.44. The molecule has 5 heteroatoms. The molecule has 1 aliphatic rings. The molecule has 0 N–H and O–H groups in total. The number of nitrogens with zero attached hydrogens (tertiary/aromatic N) is 1. The zero-order chi connectivity index (χ0) is 17.3. The molecule has 4 nitrogen and oxygen atoms in total. The van der Waals surface area contributed by atoms with Crippen LogP contribution in [0, 0.1) is 19.8 Å². The van der Waals surface area contributed by atoms with Crippen molar-refractivity contribution >= 4 is 29.2 Å². The van der Waals surface area contributed by atoms with Crippen molar-refractivity contribution in [2.45, 2.75) is 20.3 Å². The number of esters is 1. The van der Waals surface area contributed by atoms with E-state index in [-0.39, 0.29) is 18.3 Å². The highest BCUT2D eigenvalue weighted by Gasteiger charge is 2.36. The summed E-state index contributed by atoms with van der Waals surface area (Å²) in [5.74, 6) is -0.405. The van der Waals surface area contributed by atoms with E-state index in [2.05, 4.69) is 0 Å². The van der Waals surface area contributed by atoms with Crippen molar-refractivity contribution in [3.05, 3.63) is 58.6 Å². The van der Waals surface area contributed by atoms with E-state index >= 15 is 0 Å². The Balaban J connectivity index is 1.69. The Hall–Kier alpha value is -2.33. The molecule has 0 aromatic heterocycles. The van der Waals surface area contributed by atoms with Gasteiger partial charge < -0.3 is 9.64 Å². The number of rotatable bonds is 3. The van der Waals surface area contributed by atoms with Gasteiger partial charge in [-0.3, -0.25) is 9.59 Å². The summed E-state index contributed by atoms with van der Waals surface area (Å²) < 4.78 is 5.45. The maximum Gasteiger partial charge on any atom is 0.316 e. The zero-order valence-electron chi connectivity index (χ0n) is 13.6. The number of aryl methyl sites for hydroxylation is 2. The second kappa shape index (κ2) is 6.65. The standard InChI is InChI=1S/C19H18ClNO3/c1-12-3-8-17(9-13(12)2)24-19(23)14-10-18(22)21(11-14)16-6-4-15(20)5-7-16/h3-9,14H,10-11H2,1-2H3/t14-/m1/s1. The summed E-state index contributed by atoms with van der Waals surface area (Å²) >= 11 is 5.87. The Morgan fingerprint density at radius 3 is 2.50 bits per heavy atom. The zero-order valence-corrected chi connectivity index (χ0v) is 14.3. The van der Waals surface area contributed by atoms with Gasteiger partial charge in [-0.2, -0.15) is 0 Å². The fourth-order valence-electron chi connectivity index (χ4n) is 2.71. The molecule has 24 heavy (non-hydrogen) atoms. The minimum atomic E-state index is -0.463. The number of ether oxygens (including phenoxy) is 1. The van der Waals surface area contributed by atoms with Gasteiger partial charge in [-0.1, -0.05) is 17.7 Å². The van der Waals surface area contributed by atoms with Gasteiger partial charge in [0.2, 0.25) is 5.91 Å². The van der Waals surface area contributed by atoms with Crippen LogP contribution in [-0.4, -0.2) is 18.4 Å². The first-order valence-corrected chi connectivity index (χ1v) is 8.17. The van der Waals surface area contributed by atoms with E-state index in [1.54, 1.807) is 35.2 Å². The normalized spacial score (nSPS) is 17.2. The average Bonchev–Trinajstić information content (AvgIpc) is 2.94. The van der Waals surface area contributed by atoms with Gasteiger partial charge in [0, 0.05) is 23.7 Å². The van der Waals surface area contributed by atoms with Crippen LogP contribution in [0.5, 0.6) is 5.75 Å². The summed E-state index contributed by atoms with van der Waals surface area (Å²) in [6, 6.07) is 12.5. The lowest BCUT2D eigenvalue weighted by Crippen LogP contribution is -2.27. The van der Waals surface area contributed by atoms with Crippen molar-refractivity contribution < 1.29 is 14.3 Å². The number of benzene rings is 2. The molecule has 0 spiro atoms. The van der Waals surface area contributed by atoms with Crippen molar-refractivity contribution in [2.75, 3.05) is 11.4 Å². The third-order valence-electron chi connectivity index (χ3n) is 4.29. The lowest BCUT2D eigenvalue weighted by Gasteiger charge is -2.16. The molecule has 0 aliphatic carbocycles. The number of carbonyl (C=O) groups is 2. The summed E-state index contributed by atoms with van der Waals surface area (Å²) in [7, 11) is 0.